The summed E-state index contributed by atoms with van der Waals surface area (Å²) in [6.07, 6.45) is 3.15. The average Bonchev–Trinajstić information content (AvgIpc) is 3.31. The van der Waals surface area contributed by atoms with Gasteiger partial charge < -0.3 is 24.8 Å². The molecule has 1 fully saturated rings. The number of hydrogen-bond donors (Lipinski definition) is 2. The monoisotopic (exact) mass is 411 g/mol. The quantitative estimate of drug-likeness (QED) is 0.338. The molecule has 2 N–H and O–H groups in total. The first-order chi connectivity index (χ1) is 14.8. The Morgan fingerprint density at radius 1 is 1.03 bits per heavy atom. The van der Waals surface area contributed by atoms with E-state index >= 15 is 0 Å². The molecule has 0 aromatic heterocycles. The number of benzene rings is 2. The summed E-state index contributed by atoms with van der Waals surface area (Å²) in [5.74, 6) is 1.71. The Hall–Kier alpha value is -2.57. The molecule has 6 heteroatoms. The van der Waals surface area contributed by atoms with E-state index in [2.05, 4.69) is 39.9 Å². The zero-order chi connectivity index (χ0) is 20.9. The van der Waals surface area contributed by atoms with E-state index in [9.17, 15) is 0 Å². The minimum Gasteiger partial charge on any atom is -0.489 e. The maximum atomic E-state index is 5.84. The molecule has 1 aliphatic heterocycles. The number of hydrogen-bond acceptors (Lipinski definition) is 4. The molecular formula is C24H33N3O3. The molecule has 0 spiro atoms. The summed E-state index contributed by atoms with van der Waals surface area (Å²) >= 11 is 0. The summed E-state index contributed by atoms with van der Waals surface area (Å²) in [7, 11) is 1.79. The smallest absolute Gasteiger partial charge is 0.190 e. The molecule has 2 aromatic carbocycles. The zero-order valence-corrected chi connectivity index (χ0v) is 17.8. The summed E-state index contributed by atoms with van der Waals surface area (Å²) < 4.78 is 16.9. The van der Waals surface area contributed by atoms with Gasteiger partial charge in [-0.05, 0) is 42.5 Å². The van der Waals surface area contributed by atoms with Crippen LogP contribution >= 0.6 is 0 Å². The normalized spacial score (nSPS) is 16.4. The lowest BCUT2D eigenvalue weighted by molar-refractivity contribution is 0.0420. The molecule has 30 heavy (non-hydrogen) atoms. The predicted molar refractivity (Wildman–Crippen MR) is 120 cm³/mol. The summed E-state index contributed by atoms with van der Waals surface area (Å²) in [5.41, 5.74) is 2.43. The fourth-order valence-corrected chi connectivity index (χ4v) is 3.21. The van der Waals surface area contributed by atoms with E-state index in [0.29, 0.717) is 6.61 Å². The van der Waals surface area contributed by atoms with Gasteiger partial charge in [0.25, 0.3) is 0 Å². The largest absolute Gasteiger partial charge is 0.489 e. The van der Waals surface area contributed by atoms with Gasteiger partial charge in [0.2, 0.25) is 0 Å². The van der Waals surface area contributed by atoms with Crippen molar-refractivity contribution >= 4 is 5.96 Å². The van der Waals surface area contributed by atoms with E-state index in [1.165, 1.54) is 11.1 Å². The van der Waals surface area contributed by atoms with Crippen LogP contribution in [0.4, 0.5) is 0 Å². The van der Waals surface area contributed by atoms with Gasteiger partial charge in [-0.25, -0.2) is 0 Å². The Balaban J connectivity index is 1.27. The second-order valence-electron chi connectivity index (χ2n) is 7.30. The maximum absolute atomic E-state index is 5.84. The summed E-state index contributed by atoms with van der Waals surface area (Å²) in [6, 6.07) is 18.5. The molecule has 3 rings (SSSR count). The lowest BCUT2D eigenvalue weighted by Gasteiger charge is -2.13. The molecule has 1 heterocycles. The highest BCUT2D eigenvalue weighted by Gasteiger charge is 2.15. The molecule has 1 atom stereocenters. The van der Waals surface area contributed by atoms with Gasteiger partial charge >= 0.3 is 0 Å². The fraction of sp³-hybridized carbons (Fsp3) is 0.458. The Labute approximate surface area is 179 Å². The fourth-order valence-electron chi connectivity index (χ4n) is 3.21. The van der Waals surface area contributed by atoms with Crippen molar-refractivity contribution in [3.63, 3.8) is 0 Å². The van der Waals surface area contributed by atoms with Crippen LogP contribution in [0.1, 0.15) is 24.0 Å². The first-order valence-electron chi connectivity index (χ1n) is 10.7. The maximum Gasteiger partial charge on any atom is 0.190 e. The molecule has 1 saturated heterocycles. The van der Waals surface area contributed by atoms with Crippen molar-refractivity contribution < 1.29 is 14.2 Å². The van der Waals surface area contributed by atoms with Gasteiger partial charge in [0, 0.05) is 33.4 Å². The van der Waals surface area contributed by atoms with Gasteiger partial charge in [-0.15, -0.1) is 0 Å². The highest BCUT2D eigenvalue weighted by molar-refractivity contribution is 5.79. The van der Waals surface area contributed by atoms with E-state index in [1.807, 2.05) is 30.3 Å². The standard InChI is InChI=1S/C24H33N3O3/c1-25-24(26-14-5-16-29-23-13-17-28-19-23)27-15-12-20-8-10-22(11-9-20)30-18-21-6-3-2-4-7-21/h2-4,6-11,23H,5,12-19H2,1H3,(H2,25,26,27). The van der Waals surface area contributed by atoms with Crippen LogP contribution in [-0.2, 0) is 22.5 Å². The Kier molecular flexibility index (Phi) is 9.50. The Morgan fingerprint density at radius 2 is 1.83 bits per heavy atom. The first-order valence-corrected chi connectivity index (χ1v) is 10.7. The molecule has 0 bridgehead atoms. The molecule has 0 saturated carbocycles. The van der Waals surface area contributed by atoms with Crippen molar-refractivity contribution in [1.29, 1.82) is 0 Å². The number of nitrogens with one attached hydrogen (secondary N) is 2. The second-order valence-corrected chi connectivity index (χ2v) is 7.30. The number of ether oxygens (including phenoxy) is 3. The third-order valence-corrected chi connectivity index (χ3v) is 4.96. The number of guanidine groups is 1. The highest BCUT2D eigenvalue weighted by atomic mass is 16.5. The lowest BCUT2D eigenvalue weighted by atomic mass is 10.1. The van der Waals surface area contributed by atoms with Crippen LogP contribution in [0.3, 0.4) is 0 Å². The van der Waals surface area contributed by atoms with Crippen molar-refractivity contribution in [2.24, 2.45) is 4.99 Å². The Bertz CT molecular complexity index is 744. The van der Waals surface area contributed by atoms with Gasteiger partial charge in [0.05, 0.1) is 12.7 Å². The van der Waals surface area contributed by atoms with Crippen molar-refractivity contribution in [2.45, 2.75) is 32.0 Å². The van der Waals surface area contributed by atoms with E-state index < -0.39 is 0 Å². The van der Waals surface area contributed by atoms with Gasteiger partial charge in [-0.1, -0.05) is 42.5 Å². The van der Waals surface area contributed by atoms with Crippen LogP contribution in [-0.4, -0.2) is 52.0 Å². The molecule has 6 nitrogen and oxygen atoms in total. The summed E-state index contributed by atoms with van der Waals surface area (Å²) in [6.45, 7) is 4.54. The molecule has 0 aliphatic carbocycles. The van der Waals surface area contributed by atoms with Crippen LogP contribution in [0, 0.1) is 0 Å². The third-order valence-electron chi connectivity index (χ3n) is 4.96. The van der Waals surface area contributed by atoms with Crippen molar-refractivity contribution in [1.82, 2.24) is 10.6 Å². The van der Waals surface area contributed by atoms with Gasteiger partial charge in [-0.3, -0.25) is 4.99 Å². The molecule has 162 valence electrons. The number of rotatable bonds is 11. The van der Waals surface area contributed by atoms with Crippen LogP contribution in [0.25, 0.3) is 0 Å². The Morgan fingerprint density at radius 3 is 2.57 bits per heavy atom. The lowest BCUT2D eigenvalue weighted by Crippen LogP contribution is -2.39. The van der Waals surface area contributed by atoms with E-state index in [4.69, 9.17) is 14.2 Å². The topological polar surface area (TPSA) is 64.1 Å². The van der Waals surface area contributed by atoms with E-state index in [0.717, 1.165) is 63.9 Å². The zero-order valence-electron chi connectivity index (χ0n) is 17.8. The number of aliphatic imine (C=N–C) groups is 1. The SMILES string of the molecule is CN=C(NCCCOC1CCOC1)NCCc1ccc(OCc2ccccc2)cc1. The van der Waals surface area contributed by atoms with Gasteiger partial charge in [-0.2, -0.15) is 0 Å². The van der Waals surface area contributed by atoms with Crippen molar-refractivity contribution in [2.75, 3.05) is 40.0 Å². The van der Waals surface area contributed by atoms with Crippen LogP contribution in [0.5, 0.6) is 5.75 Å². The molecule has 0 radical (unpaired) electrons. The number of nitrogens with zero attached hydrogens (tertiary/aromatic N) is 1. The van der Waals surface area contributed by atoms with Crippen molar-refractivity contribution in [3.8, 4) is 5.75 Å². The highest BCUT2D eigenvalue weighted by Crippen LogP contribution is 2.14. The molecule has 2 aromatic rings. The molecular weight excluding hydrogens is 378 g/mol. The predicted octanol–water partition coefficient (Wildman–Crippen LogP) is 3.17. The second kappa shape index (κ2) is 12.9. The van der Waals surface area contributed by atoms with Gasteiger partial charge in [0.1, 0.15) is 12.4 Å². The summed E-state index contributed by atoms with van der Waals surface area (Å²) in [5, 5.41) is 6.69. The average molecular weight is 412 g/mol. The minimum atomic E-state index is 0.276. The van der Waals surface area contributed by atoms with E-state index in [-0.39, 0.29) is 6.10 Å². The summed E-state index contributed by atoms with van der Waals surface area (Å²) in [4.78, 5) is 4.28. The molecule has 1 unspecified atom stereocenters. The third kappa shape index (κ3) is 8.05. The van der Waals surface area contributed by atoms with Crippen LogP contribution < -0.4 is 15.4 Å². The minimum absolute atomic E-state index is 0.276. The van der Waals surface area contributed by atoms with Crippen LogP contribution in [0.2, 0.25) is 0 Å². The molecule has 0 amide bonds. The van der Waals surface area contributed by atoms with Crippen molar-refractivity contribution in [3.05, 3.63) is 65.7 Å². The van der Waals surface area contributed by atoms with Crippen LogP contribution in [0.15, 0.2) is 59.6 Å². The first kappa shape index (κ1) is 22.1. The van der Waals surface area contributed by atoms with E-state index in [1.54, 1.807) is 7.05 Å². The van der Waals surface area contributed by atoms with Gasteiger partial charge in [0.15, 0.2) is 5.96 Å². The molecule has 1 aliphatic rings.